The van der Waals surface area contributed by atoms with Gasteiger partial charge in [-0.25, -0.2) is 22.0 Å². The van der Waals surface area contributed by atoms with Crippen LogP contribution < -0.4 is 0 Å². The van der Waals surface area contributed by atoms with Crippen LogP contribution >= 0.6 is 27.4 Å². The lowest BCUT2D eigenvalue weighted by Crippen LogP contribution is -2.02. The minimum absolute atomic E-state index is 0.310. The fraction of sp³-hybridized carbons (Fsp3) is 0.250. The number of hydrogen-bond donors (Lipinski definition) is 0. The summed E-state index contributed by atoms with van der Waals surface area (Å²) in [4.78, 5) is -0.968. The van der Waals surface area contributed by atoms with Crippen molar-refractivity contribution in [2.24, 2.45) is 0 Å². The Bertz CT molecular complexity index is 513. The Labute approximate surface area is 112 Å². The third kappa shape index (κ3) is 2.56. The average Bonchev–Trinajstić information content (AvgIpc) is 2.77. The lowest BCUT2D eigenvalue weighted by molar-refractivity contribution is 0.361. The van der Waals surface area contributed by atoms with Gasteiger partial charge in [0.25, 0.3) is 0 Å². The van der Waals surface area contributed by atoms with Gasteiger partial charge in [-0.15, -0.1) is 0 Å². The van der Waals surface area contributed by atoms with Crippen LogP contribution in [-0.2, 0) is 16.3 Å². The highest BCUT2D eigenvalue weighted by Gasteiger charge is 2.33. The molecule has 18 heavy (non-hydrogen) atoms. The van der Waals surface area contributed by atoms with Crippen molar-refractivity contribution in [1.82, 2.24) is 0 Å². The molecule has 100 valence electrons. The van der Waals surface area contributed by atoms with E-state index in [-0.39, 0.29) is 0 Å². The summed E-state index contributed by atoms with van der Waals surface area (Å²) in [6.45, 7) is 0.310. The molecule has 1 aromatic rings. The lowest BCUT2D eigenvalue weighted by atomic mass is 10.3. The van der Waals surface area contributed by atoms with Gasteiger partial charge in [0.1, 0.15) is 0 Å². The van der Waals surface area contributed by atoms with Gasteiger partial charge in [0.15, 0.2) is 27.9 Å². The van der Waals surface area contributed by atoms with Gasteiger partial charge in [-0.3, -0.25) is 0 Å². The van der Waals surface area contributed by atoms with Crippen LogP contribution in [0.15, 0.2) is 4.90 Å². The summed E-state index contributed by atoms with van der Waals surface area (Å²) in [6, 6.07) is 0. The molecule has 10 heteroatoms. The van der Waals surface area contributed by atoms with E-state index in [2.05, 4.69) is 0 Å². The van der Waals surface area contributed by atoms with Crippen molar-refractivity contribution in [2.45, 2.75) is 4.90 Å². The van der Waals surface area contributed by atoms with Crippen LogP contribution in [0.25, 0.3) is 0 Å². The zero-order chi connectivity index (χ0) is 13.5. The normalized spacial score (nSPS) is 23.6. The zero-order valence-corrected chi connectivity index (χ0v) is 11.7. The van der Waals surface area contributed by atoms with Crippen LogP contribution in [0.3, 0.4) is 0 Å². The predicted molar refractivity (Wildman–Crippen MR) is 64.8 cm³/mol. The monoisotopic (exact) mass is 338 g/mol. The van der Waals surface area contributed by atoms with Crippen LogP contribution in [0.4, 0.5) is 22.0 Å². The van der Waals surface area contributed by atoms with Crippen LogP contribution in [0.5, 0.6) is 0 Å². The molecule has 1 fully saturated rings. The summed E-state index contributed by atoms with van der Waals surface area (Å²) < 4.78 is 68.0. The third-order valence-electron chi connectivity index (χ3n) is 1.95. The lowest BCUT2D eigenvalue weighted by Gasteiger charge is -2.14. The van der Waals surface area contributed by atoms with E-state index < -0.39 is 38.7 Å². The second-order valence-corrected chi connectivity index (χ2v) is 13.5. The number of rotatable bonds is 2. The molecule has 0 aromatic heterocycles. The topological polar surface area (TPSA) is 9.23 Å². The third-order valence-corrected chi connectivity index (χ3v) is 10.8. The van der Waals surface area contributed by atoms with Crippen molar-refractivity contribution in [3.63, 3.8) is 0 Å². The molecule has 0 N–H and O–H groups in total. The molecule has 1 atom stereocenters. The van der Waals surface area contributed by atoms with Gasteiger partial charge >= 0.3 is 0 Å². The molecule has 0 spiro atoms. The highest BCUT2D eigenvalue weighted by Crippen LogP contribution is 2.75. The molecule has 0 radical (unpaired) electrons. The number of hydrogen-bond acceptors (Lipinski definition) is 4. The molecule has 1 aliphatic rings. The molecular formula is C8H4F5OPS3. The highest BCUT2D eigenvalue weighted by molar-refractivity contribution is 8.99. The maximum absolute atomic E-state index is 13.4. The second kappa shape index (κ2) is 5.28. The van der Waals surface area contributed by atoms with Crippen molar-refractivity contribution in [2.75, 3.05) is 12.4 Å². The fourth-order valence-electron chi connectivity index (χ4n) is 1.16. The smallest absolute Gasteiger partial charge is 0.200 e. The summed E-state index contributed by atoms with van der Waals surface area (Å²) in [5.74, 6) is -9.30. The molecule has 0 bridgehead atoms. The van der Waals surface area contributed by atoms with Gasteiger partial charge in [-0.05, 0) is 23.2 Å². The molecule has 1 aromatic carbocycles. The summed E-state index contributed by atoms with van der Waals surface area (Å²) >= 11 is 6.61. The molecule has 1 nitrogen and oxygen atoms in total. The molecule has 1 heterocycles. The van der Waals surface area contributed by atoms with Crippen molar-refractivity contribution in [1.29, 1.82) is 0 Å². The van der Waals surface area contributed by atoms with E-state index in [1.807, 2.05) is 0 Å². The van der Waals surface area contributed by atoms with E-state index >= 15 is 0 Å². The fourth-order valence-corrected chi connectivity index (χ4v) is 9.14. The van der Waals surface area contributed by atoms with Crippen molar-refractivity contribution >= 4 is 39.2 Å². The Balaban J connectivity index is 2.48. The minimum Gasteiger partial charge on any atom is -0.333 e. The second-order valence-electron chi connectivity index (χ2n) is 3.10. The predicted octanol–water partition coefficient (Wildman–Crippen LogP) is 4.46. The quantitative estimate of drug-likeness (QED) is 0.341. The van der Waals surface area contributed by atoms with Gasteiger partial charge < -0.3 is 4.52 Å². The van der Waals surface area contributed by atoms with Crippen LogP contribution in [0.2, 0.25) is 0 Å². The molecular weight excluding hydrogens is 334 g/mol. The van der Waals surface area contributed by atoms with Crippen LogP contribution in [-0.4, -0.2) is 12.4 Å². The summed E-state index contributed by atoms with van der Waals surface area (Å²) in [6.07, 6.45) is 0. The Kier molecular flexibility index (Phi) is 4.28. The van der Waals surface area contributed by atoms with Gasteiger partial charge in [0.2, 0.25) is 5.82 Å². The first kappa shape index (κ1) is 14.6. The Morgan fingerprint density at radius 3 is 1.94 bits per heavy atom. The molecule has 0 saturated carbocycles. The summed E-state index contributed by atoms with van der Waals surface area (Å²) in [7, 11) is 0. The minimum atomic E-state index is -2.67. The van der Waals surface area contributed by atoms with Crippen molar-refractivity contribution in [3.8, 4) is 0 Å². The first-order chi connectivity index (χ1) is 8.36. The van der Waals surface area contributed by atoms with E-state index in [4.69, 9.17) is 16.3 Å². The average molecular weight is 338 g/mol. The first-order valence-electron chi connectivity index (χ1n) is 4.46. The van der Waals surface area contributed by atoms with E-state index in [0.717, 1.165) is 0 Å². The van der Waals surface area contributed by atoms with Gasteiger partial charge in [0.05, 0.1) is 11.5 Å². The van der Waals surface area contributed by atoms with E-state index in [0.29, 0.717) is 23.7 Å². The first-order valence-corrected chi connectivity index (χ1v) is 10.2. The molecule has 0 amide bonds. The van der Waals surface area contributed by atoms with Gasteiger partial charge in [-0.2, -0.15) is 0 Å². The molecule has 0 unspecified atom stereocenters. The molecule has 2 rings (SSSR count). The van der Waals surface area contributed by atoms with E-state index in [1.54, 1.807) is 0 Å². The van der Waals surface area contributed by atoms with E-state index in [9.17, 15) is 22.0 Å². The number of benzene rings is 1. The Hall–Kier alpha value is 0.180. The summed E-state index contributed by atoms with van der Waals surface area (Å²) in [5.41, 5.74) is 0. The van der Waals surface area contributed by atoms with Gasteiger partial charge in [0, 0.05) is 5.75 Å². The van der Waals surface area contributed by atoms with Crippen molar-refractivity contribution in [3.05, 3.63) is 29.1 Å². The maximum Gasteiger partial charge on any atom is 0.200 e. The highest BCUT2D eigenvalue weighted by atomic mass is 33.2. The molecule has 1 aliphatic heterocycles. The van der Waals surface area contributed by atoms with Crippen LogP contribution in [0.1, 0.15) is 0 Å². The van der Waals surface area contributed by atoms with Crippen molar-refractivity contribution < 1.29 is 26.5 Å². The van der Waals surface area contributed by atoms with Crippen LogP contribution in [0, 0.1) is 29.1 Å². The molecule has 0 aliphatic carbocycles. The Morgan fingerprint density at radius 1 is 1.00 bits per heavy atom. The maximum atomic E-state index is 13.4. The number of halogens is 5. The summed E-state index contributed by atoms with van der Waals surface area (Å²) in [5, 5.41) is 0. The zero-order valence-electron chi connectivity index (χ0n) is 8.38. The van der Waals surface area contributed by atoms with E-state index in [1.165, 1.54) is 11.4 Å². The largest absolute Gasteiger partial charge is 0.333 e. The van der Waals surface area contributed by atoms with Gasteiger partial charge in [-0.1, -0.05) is 11.4 Å². The SMILES string of the molecule is Fc1c(F)c(F)c(S[P@]2(=S)OCCS2)c(F)c1F. The Morgan fingerprint density at radius 2 is 1.50 bits per heavy atom. The molecule has 1 saturated heterocycles. The standard InChI is InChI=1S/C8H4F5OPS3/c9-3-4(10)6(12)8(7(13)5(3)11)18-15(16)14-1-2-17-15/h1-2H2/t15-/m0/s1.